The number of nitrogens with zero attached hydrogens (tertiary/aromatic N) is 1. The van der Waals surface area contributed by atoms with E-state index in [1.807, 2.05) is 39.0 Å². The molecule has 4 heteroatoms. The van der Waals surface area contributed by atoms with E-state index in [1.54, 1.807) is 7.11 Å². The van der Waals surface area contributed by atoms with Crippen molar-refractivity contribution in [1.82, 2.24) is 4.90 Å². The number of ether oxygens (including phenoxy) is 1. The summed E-state index contributed by atoms with van der Waals surface area (Å²) in [6, 6.07) is 5.74. The van der Waals surface area contributed by atoms with E-state index in [0.29, 0.717) is 12.3 Å². The number of carbonyl (C=O) groups excluding carboxylic acids is 1. The highest BCUT2D eigenvalue weighted by atomic mass is 16.5. The molecule has 0 unspecified atom stereocenters. The first-order valence-corrected chi connectivity index (χ1v) is 6.27. The number of aryl methyl sites for hydroxylation is 1. The number of rotatable bonds is 6. The van der Waals surface area contributed by atoms with Gasteiger partial charge in [-0.15, -0.1) is 0 Å². The zero-order valence-electron chi connectivity index (χ0n) is 11.6. The Bertz CT molecular complexity index is 401. The Balaban J connectivity index is 2.71. The minimum atomic E-state index is -0.0115. The Morgan fingerprint density at radius 1 is 1.33 bits per heavy atom. The van der Waals surface area contributed by atoms with Gasteiger partial charge in [0, 0.05) is 0 Å². The third kappa shape index (κ3) is 4.04. The summed E-state index contributed by atoms with van der Waals surface area (Å²) in [5.41, 5.74) is 1.82. The monoisotopic (exact) mass is 250 g/mol. The molecule has 0 saturated heterocycles. The van der Waals surface area contributed by atoms with Crippen molar-refractivity contribution in [3.05, 3.63) is 23.8 Å². The van der Waals surface area contributed by atoms with Gasteiger partial charge in [-0.1, -0.05) is 19.9 Å². The Hall–Kier alpha value is -1.55. The predicted molar refractivity (Wildman–Crippen MR) is 74.1 cm³/mol. The van der Waals surface area contributed by atoms with Crippen LogP contribution in [0, 0.1) is 6.92 Å². The van der Waals surface area contributed by atoms with Crippen LogP contribution in [0.1, 0.15) is 19.4 Å². The Morgan fingerprint density at radius 3 is 2.56 bits per heavy atom. The average molecular weight is 250 g/mol. The lowest BCUT2D eigenvalue weighted by Gasteiger charge is -2.18. The molecular formula is C14H22N2O2. The van der Waals surface area contributed by atoms with E-state index < -0.39 is 0 Å². The molecule has 1 N–H and O–H groups in total. The molecule has 0 aliphatic carbocycles. The van der Waals surface area contributed by atoms with E-state index in [9.17, 15) is 4.79 Å². The molecule has 1 rings (SSSR count). The van der Waals surface area contributed by atoms with Crippen molar-refractivity contribution < 1.29 is 9.53 Å². The van der Waals surface area contributed by atoms with E-state index in [-0.39, 0.29) is 5.91 Å². The fourth-order valence-electron chi connectivity index (χ4n) is 1.76. The normalized spacial score (nSPS) is 10.5. The lowest BCUT2D eigenvalue weighted by Crippen LogP contribution is -2.33. The number of benzene rings is 1. The molecule has 0 atom stereocenters. The molecular weight excluding hydrogens is 228 g/mol. The molecule has 4 nitrogen and oxygen atoms in total. The minimum Gasteiger partial charge on any atom is -0.495 e. The van der Waals surface area contributed by atoms with Crippen LogP contribution in [0.2, 0.25) is 0 Å². The lowest BCUT2D eigenvalue weighted by atomic mass is 10.2. The van der Waals surface area contributed by atoms with Gasteiger partial charge in [-0.3, -0.25) is 9.69 Å². The fraction of sp³-hybridized carbons (Fsp3) is 0.500. The van der Waals surface area contributed by atoms with Crippen LogP contribution in [-0.4, -0.2) is 37.6 Å². The summed E-state index contributed by atoms with van der Waals surface area (Å²) >= 11 is 0. The zero-order chi connectivity index (χ0) is 13.5. The fourth-order valence-corrected chi connectivity index (χ4v) is 1.76. The second-order valence-electron chi connectivity index (χ2n) is 4.21. The summed E-state index contributed by atoms with van der Waals surface area (Å²) in [7, 11) is 1.60. The van der Waals surface area contributed by atoms with Gasteiger partial charge in [-0.2, -0.15) is 0 Å². The van der Waals surface area contributed by atoms with Crippen LogP contribution in [0.4, 0.5) is 5.69 Å². The van der Waals surface area contributed by atoms with Crippen molar-refractivity contribution in [2.24, 2.45) is 0 Å². The lowest BCUT2D eigenvalue weighted by molar-refractivity contribution is -0.117. The number of carbonyl (C=O) groups is 1. The number of anilines is 1. The van der Waals surface area contributed by atoms with E-state index in [1.165, 1.54) is 0 Å². The molecule has 0 aliphatic heterocycles. The first kappa shape index (κ1) is 14.5. The standard InChI is InChI=1S/C14H22N2O2/c1-5-16(6-2)10-14(17)15-12-9-11(3)7-8-13(12)18-4/h7-9H,5-6,10H2,1-4H3,(H,15,17). The Morgan fingerprint density at radius 2 is 2.00 bits per heavy atom. The molecule has 0 fully saturated rings. The van der Waals surface area contributed by atoms with E-state index in [2.05, 4.69) is 10.2 Å². The van der Waals surface area contributed by atoms with Gasteiger partial charge in [0.15, 0.2) is 0 Å². The summed E-state index contributed by atoms with van der Waals surface area (Å²) in [5.74, 6) is 0.677. The van der Waals surface area contributed by atoms with Crippen LogP contribution in [0.3, 0.4) is 0 Å². The number of amides is 1. The van der Waals surface area contributed by atoms with Gasteiger partial charge in [-0.05, 0) is 37.7 Å². The predicted octanol–water partition coefficient (Wildman–Crippen LogP) is 2.28. The SMILES string of the molecule is CCN(CC)CC(=O)Nc1cc(C)ccc1OC. The highest BCUT2D eigenvalue weighted by molar-refractivity contribution is 5.93. The molecule has 0 radical (unpaired) electrons. The molecule has 0 heterocycles. The van der Waals surface area contributed by atoms with Crippen molar-refractivity contribution in [3.63, 3.8) is 0 Å². The van der Waals surface area contributed by atoms with Crippen molar-refractivity contribution in [3.8, 4) is 5.75 Å². The van der Waals surface area contributed by atoms with Gasteiger partial charge in [0.2, 0.25) is 5.91 Å². The Labute approximate surface area is 109 Å². The van der Waals surface area contributed by atoms with E-state index >= 15 is 0 Å². The van der Waals surface area contributed by atoms with Gasteiger partial charge in [0.25, 0.3) is 0 Å². The first-order valence-electron chi connectivity index (χ1n) is 6.27. The highest BCUT2D eigenvalue weighted by Gasteiger charge is 2.10. The molecule has 18 heavy (non-hydrogen) atoms. The summed E-state index contributed by atoms with van der Waals surface area (Å²) in [6.45, 7) is 8.22. The second kappa shape index (κ2) is 7.01. The third-order valence-electron chi connectivity index (χ3n) is 2.89. The quantitative estimate of drug-likeness (QED) is 0.842. The molecule has 0 aliphatic rings. The maximum Gasteiger partial charge on any atom is 0.238 e. The number of hydrogen-bond donors (Lipinski definition) is 1. The maximum atomic E-state index is 11.9. The van der Waals surface area contributed by atoms with Gasteiger partial charge < -0.3 is 10.1 Å². The molecule has 0 aromatic heterocycles. The van der Waals surface area contributed by atoms with Crippen LogP contribution >= 0.6 is 0 Å². The molecule has 100 valence electrons. The average Bonchev–Trinajstić information content (AvgIpc) is 2.36. The number of nitrogens with one attached hydrogen (secondary N) is 1. The third-order valence-corrected chi connectivity index (χ3v) is 2.89. The van der Waals surface area contributed by atoms with E-state index in [0.717, 1.165) is 24.3 Å². The molecule has 0 bridgehead atoms. The Kier molecular flexibility index (Phi) is 5.65. The molecule has 1 aromatic carbocycles. The van der Waals surface area contributed by atoms with Crippen molar-refractivity contribution in [2.45, 2.75) is 20.8 Å². The maximum absolute atomic E-state index is 11.9. The van der Waals surface area contributed by atoms with Crippen LogP contribution in [0.25, 0.3) is 0 Å². The smallest absolute Gasteiger partial charge is 0.238 e. The number of likely N-dealkylation sites (N-methyl/N-ethyl adjacent to an activating group) is 1. The van der Waals surface area contributed by atoms with Crippen molar-refractivity contribution >= 4 is 11.6 Å². The zero-order valence-corrected chi connectivity index (χ0v) is 11.6. The van der Waals surface area contributed by atoms with Gasteiger partial charge in [0.1, 0.15) is 5.75 Å². The summed E-state index contributed by atoms with van der Waals surface area (Å²) in [5, 5.41) is 2.90. The second-order valence-corrected chi connectivity index (χ2v) is 4.21. The van der Waals surface area contributed by atoms with E-state index in [4.69, 9.17) is 4.74 Å². The molecule has 1 aromatic rings. The van der Waals surface area contributed by atoms with Gasteiger partial charge in [0.05, 0.1) is 19.3 Å². The highest BCUT2D eigenvalue weighted by Crippen LogP contribution is 2.24. The topological polar surface area (TPSA) is 41.6 Å². The molecule has 0 saturated carbocycles. The van der Waals surface area contributed by atoms with Crippen LogP contribution in [0.15, 0.2) is 18.2 Å². The van der Waals surface area contributed by atoms with Gasteiger partial charge in [-0.25, -0.2) is 0 Å². The largest absolute Gasteiger partial charge is 0.495 e. The van der Waals surface area contributed by atoms with Crippen LogP contribution in [0.5, 0.6) is 5.75 Å². The summed E-state index contributed by atoms with van der Waals surface area (Å²) in [6.07, 6.45) is 0. The molecule has 1 amide bonds. The van der Waals surface area contributed by atoms with Gasteiger partial charge >= 0.3 is 0 Å². The van der Waals surface area contributed by atoms with Crippen molar-refractivity contribution in [2.75, 3.05) is 32.1 Å². The number of methoxy groups -OCH3 is 1. The van der Waals surface area contributed by atoms with Crippen LogP contribution in [-0.2, 0) is 4.79 Å². The van der Waals surface area contributed by atoms with Crippen molar-refractivity contribution in [1.29, 1.82) is 0 Å². The first-order chi connectivity index (χ1) is 8.60. The minimum absolute atomic E-state index is 0.0115. The summed E-state index contributed by atoms with van der Waals surface area (Å²) in [4.78, 5) is 14.0. The molecule has 0 spiro atoms. The number of hydrogen-bond acceptors (Lipinski definition) is 3. The van der Waals surface area contributed by atoms with Crippen LogP contribution < -0.4 is 10.1 Å². The summed E-state index contributed by atoms with van der Waals surface area (Å²) < 4.78 is 5.23.